The van der Waals surface area contributed by atoms with E-state index < -0.39 is 0 Å². The van der Waals surface area contributed by atoms with Gasteiger partial charge in [0.15, 0.2) is 0 Å². The minimum Gasteiger partial charge on any atom is -0.349 e. The number of carbonyl (C=O) groups is 1. The molecule has 0 radical (unpaired) electrons. The van der Waals surface area contributed by atoms with Gasteiger partial charge in [0.05, 0.1) is 15.5 Å². The Morgan fingerprint density at radius 3 is 2.36 bits per heavy atom. The first-order valence-electron chi connectivity index (χ1n) is 11.0. The van der Waals surface area contributed by atoms with E-state index in [0.29, 0.717) is 15.6 Å². The molecule has 3 aromatic rings. The SMILES string of the molecule is CC(NC(=O)c1cc2ccccc2cc1Cl)C(Cc1ccc(Cl)cc1)C1=CCC(C)(Cl)C=C1. The lowest BCUT2D eigenvalue weighted by molar-refractivity contribution is 0.0931. The molecule has 1 aliphatic rings. The van der Waals surface area contributed by atoms with Crippen LogP contribution in [0.15, 0.2) is 84.5 Å². The average Bonchev–Trinajstić information content (AvgIpc) is 2.78. The smallest absolute Gasteiger partial charge is 0.253 e. The van der Waals surface area contributed by atoms with Crippen molar-refractivity contribution in [2.24, 2.45) is 5.92 Å². The summed E-state index contributed by atoms with van der Waals surface area (Å²) >= 11 is 19.1. The minimum atomic E-state index is -0.376. The number of fused-ring (bicyclic) bond motifs is 1. The Balaban J connectivity index is 1.59. The molecule has 33 heavy (non-hydrogen) atoms. The predicted octanol–water partition coefficient (Wildman–Crippen LogP) is 8.01. The maximum atomic E-state index is 13.2. The van der Waals surface area contributed by atoms with E-state index in [0.717, 1.165) is 29.2 Å². The van der Waals surface area contributed by atoms with Gasteiger partial charge >= 0.3 is 0 Å². The molecule has 0 heterocycles. The monoisotopic (exact) mass is 497 g/mol. The van der Waals surface area contributed by atoms with Gasteiger partial charge in [-0.2, -0.15) is 0 Å². The topological polar surface area (TPSA) is 29.1 Å². The highest BCUT2D eigenvalue weighted by atomic mass is 35.5. The number of nitrogens with one attached hydrogen (secondary N) is 1. The molecule has 0 bridgehead atoms. The van der Waals surface area contributed by atoms with Crippen LogP contribution < -0.4 is 5.32 Å². The second kappa shape index (κ2) is 9.93. The van der Waals surface area contributed by atoms with Crippen molar-refractivity contribution in [1.82, 2.24) is 5.32 Å². The van der Waals surface area contributed by atoms with Crippen LogP contribution in [0.1, 0.15) is 36.2 Å². The summed E-state index contributed by atoms with van der Waals surface area (Å²) in [5, 5.41) is 6.34. The fourth-order valence-corrected chi connectivity index (χ4v) is 4.75. The molecule has 3 unspecified atom stereocenters. The van der Waals surface area contributed by atoms with E-state index in [9.17, 15) is 4.79 Å². The Morgan fingerprint density at radius 2 is 1.73 bits per heavy atom. The molecule has 0 saturated heterocycles. The molecule has 3 aromatic carbocycles. The van der Waals surface area contributed by atoms with Crippen molar-refractivity contribution in [3.8, 4) is 0 Å². The molecule has 0 saturated carbocycles. The molecule has 170 valence electrons. The zero-order chi connectivity index (χ0) is 23.6. The van der Waals surface area contributed by atoms with Crippen molar-refractivity contribution in [2.75, 3.05) is 0 Å². The molecule has 2 nitrogen and oxygen atoms in total. The van der Waals surface area contributed by atoms with E-state index in [2.05, 4.69) is 17.5 Å². The van der Waals surface area contributed by atoms with E-state index >= 15 is 0 Å². The van der Waals surface area contributed by atoms with Gasteiger partial charge in [0, 0.05) is 17.0 Å². The second-order valence-corrected chi connectivity index (χ2v) is 10.6. The summed E-state index contributed by atoms with van der Waals surface area (Å²) in [6, 6.07) is 19.3. The maximum Gasteiger partial charge on any atom is 0.253 e. The molecule has 0 aliphatic heterocycles. The quantitative estimate of drug-likeness (QED) is 0.343. The normalized spacial score (nSPS) is 19.7. The van der Waals surface area contributed by atoms with Crippen LogP contribution in [0, 0.1) is 5.92 Å². The maximum absolute atomic E-state index is 13.2. The largest absolute Gasteiger partial charge is 0.349 e. The number of benzene rings is 3. The molecule has 0 spiro atoms. The molecule has 3 atom stereocenters. The van der Waals surface area contributed by atoms with Crippen molar-refractivity contribution >= 4 is 51.5 Å². The number of amides is 1. The number of hydrogen-bond donors (Lipinski definition) is 1. The van der Waals surface area contributed by atoms with Crippen LogP contribution in [0.3, 0.4) is 0 Å². The molecule has 1 amide bonds. The molecular weight excluding hydrogens is 473 g/mol. The van der Waals surface area contributed by atoms with Crippen LogP contribution in [0.2, 0.25) is 10.0 Å². The summed E-state index contributed by atoms with van der Waals surface area (Å²) in [6.07, 6.45) is 7.81. The van der Waals surface area contributed by atoms with Crippen molar-refractivity contribution in [2.45, 2.75) is 37.6 Å². The second-order valence-electron chi connectivity index (χ2n) is 8.90. The Hall–Kier alpha value is -2.26. The summed E-state index contributed by atoms with van der Waals surface area (Å²) in [7, 11) is 0. The van der Waals surface area contributed by atoms with Crippen molar-refractivity contribution < 1.29 is 4.79 Å². The van der Waals surface area contributed by atoms with Gasteiger partial charge in [-0.3, -0.25) is 4.79 Å². The van der Waals surface area contributed by atoms with Gasteiger partial charge in [0.25, 0.3) is 5.91 Å². The highest BCUT2D eigenvalue weighted by Gasteiger charge is 2.27. The van der Waals surface area contributed by atoms with Crippen LogP contribution >= 0.6 is 34.8 Å². The standard InChI is InChI=1S/C28H26Cl3NO/c1-18(32-27(33)25-16-21-5-3-4-6-22(21)17-26(25)30)24(15-19-7-9-23(29)10-8-19)20-11-13-28(2,31)14-12-20/h3-13,16-18,24H,14-15H2,1-2H3,(H,32,33). The number of carbonyl (C=O) groups excluding carboxylic acids is 1. The first-order valence-corrected chi connectivity index (χ1v) is 12.2. The van der Waals surface area contributed by atoms with Crippen LogP contribution in [-0.4, -0.2) is 16.8 Å². The van der Waals surface area contributed by atoms with E-state index in [1.807, 2.05) is 80.6 Å². The van der Waals surface area contributed by atoms with Crippen molar-refractivity contribution in [1.29, 1.82) is 0 Å². The summed E-state index contributed by atoms with van der Waals surface area (Å²) in [5.41, 5.74) is 2.80. The average molecular weight is 499 g/mol. The van der Waals surface area contributed by atoms with E-state index in [1.54, 1.807) is 0 Å². The molecular formula is C28H26Cl3NO. The first-order chi connectivity index (χ1) is 15.7. The van der Waals surface area contributed by atoms with Gasteiger partial charge in [-0.05, 0) is 72.9 Å². The molecule has 1 N–H and O–H groups in total. The minimum absolute atomic E-state index is 0.0679. The third kappa shape index (κ3) is 5.81. The summed E-state index contributed by atoms with van der Waals surface area (Å²) in [5.74, 6) is -0.111. The third-order valence-corrected chi connectivity index (χ3v) is 7.04. The summed E-state index contributed by atoms with van der Waals surface area (Å²) in [4.78, 5) is 12.9. The molecule has 4 rings (SSSR count). The zero-order valence-electron chi connectivity index (χ0n) is 18.6. The van der Waals surface area contributed by atoms with Crippen LogP contribution in [0.4, 0.5) is 0 Å². The van der Waals surface area contributed by atoms with Gasteiger partial charge < -0.3 is 5.32 Å². The van der Waals surface area contributed by atoms with Gasteiger partial charge in [-0.15, -0.1) is 11.6 Å². The van der Waals surface area contributed by atoms with Crippen molar-refractivity contribution in [3.63, 3.8) is 0 Å². The van der Waals surface area contributed by atoms with Gasteiger partial charge in [-0.1, -0.05) is 77.8 Å². The Bertz CT molecular complexity index is 1230. The van der Waals surface area contributed by atoms with Gasteiger partial charge in [-0.25, -0.2) is 0 Å². The van der Waals surface area contributed by atoms with E-state index in [-0.39, 0.29) is 22.7 Å². The number of halogens is 3. The van der Waals surface area contributed by atoms with Crippen LogP contribution in [0.25, 0.3) is 10.8 Å². The van der Waals surface area contributed by atoms with E-state index in [1.165, 1.54) is 5.57 Å². The fraction of sp³-hybridized carbons (Fsp3) is 0.250. The lowest BCUT2D eigenvalue weighted by Gasteiger charge is -2.30. The van der Waals surface area contributed by atoms with E-state index in [4.69, 9.17) is 34.8 Å². The highest BCUT2D eigenvalue weighted by Crippen LogP contribution is 2.33. The first kappa shape index (κ1) is 23.9. The lowest BCUT2D eigenvalue weighted by Crippen LogP contribution is -2.40. The van der Waals surface area contributed by atoms with Gasteiger partial charge in [0.2, 0.25) is 0 Å². The fourth-order valence-electron chi connectivity index (χ4n) is 4.23. The third-order valence-electron chi connectivity index (χ3n) is 6.20. The summed E-state index contributed by atoms with van der Waals surface area (Å²) in [6.45, 7) is 4.04. The lowest BCUT2D eigenvalue weighted by atomic mass is 9.82. The number of alkyl halides is 1. The number of allylic oxidation sites excluding steroid dienone is 3. The highest BCUT2D eigenvalue weighted by molar-refractivity contribution is 6.34. The van der Waals surface area contributed by atoms with Crippen LogP contribution in [0.5, 0.6) is 0 Å². The van der Waals surface area contributed by atoms with Crippen molar-refractivity contribution in [3.05, 3.63) is 106 Å². The van der Waals surface area contributed by atoms with Gasteiger partial charge in [0.1, 0.15) is 0 Å². The number of hydrogen-bond acceptors (Lipinski definition) is 1. The zero-order valence-corrected chi connectivity index (χ0v) is 20.9. The molecule has 0 aromatic heterocycles. The molecule has 5 heteroatoms. The Kier molecular flexibility index (Phi) is 7.19. The Morgan fingerprint density at radius 1 is 1.06 bits per heavy atom. The Labute approximate surface area is 210 Å². The molecule has 1 aliphatic carbocycles. The van der Waals surface area contributed by atoms with Crippen LogP contribution in [-0.2, 0) is 6.42 Å². The summed E-state index contributed by atoms with van der Waals surface area (Å²) < 4.78 is 0. The molecule has 0 fully saturated rings. The number of rotatable bonds is 6. The predicted molar refractivity (Wildman–Crippen MR) is 141 cm³/mol.